The zero-order chi connectivity index (χ0) is 16.6. The standard InChI is InChI=1S/C15H17ClFN3O2S/c1-19-8-6-15(18-19)11-3-2-7-20(10-11)23(21,22)12-4-5-14(17)13(16)9-12/h4-6,8-9,11H,2-3,7,10H2,1H3/t11-/m1/s1. The fourth-order valence-corrected chi connectivity index (χ4v) is 4.64. The Morgan fingerprint density at radius 1 is 1.35 bits per heavy atom. The van der Waals surface area contributed by atoms with Crippen LogP contribution in [0.3, 0.4) is 0 Å². The molecule has 5 nitrogen and oxygen atoms in total. The van der Waals surface area contributed by atoms with Crippen molar-refractivity contribution >= 4 is 21.6 Å². The predicted molar refractivity (Wildman–Crippen MR) is 85.4 cm³/mol. The Labute approximate surface area is 139 Å². The highest BCUT2D eigenvalue weighted by molar-refractivity contribution is 7.89. The number of rotatable bonds is 3. The maximum atomic E-state index is 13.3. The Hall–Kier alpha value is -1.44. The molecule has 1 aliphatic heterocycles. The lowest BCUT2D eigenvalue weighted by Gasteiger charge is -2.31. The van der Waals surface area contributed by atoms with E-state index < -0.39 is 15.8 Å². The summed E-state index contributed by atoms with van der Waals surface area (Å²) < 4.78 is 41.9. The Morgan fingerprint density at radius 2 is 2.13 bits per heavy atom. The summed E-state index contributed by atoms with van der Waals surface area (Å²) in [7, 11) is -1.85. The van der Waals surface area contributed by atoms with Crippen LogP contribution in [-0.2, 0) is 17.1 Å². The van der Waals surface area contributed by atoms with E-state index in [4.69, 9.17) is 11.6 Å². The summed E-state index contributed by atoms with van der Waals surface area (Å²) in [6.07, 6.45) is 3.51. The van der Waals surface area contributed by atoms with Gasteiger partial charge in [0.2, 0.25) is 10.0 Å². The summed E-state index contributed by atoms with van der Waals surface area (Å²) in [4.78, 5) is 0.0190. The molecule has 1 saturated heterocycles. The number of halogens is 2. The Balaban J connectivity index is 1.86. The second kappa shape index (κ2) is 6.22. The van der Waals surface area contributed by atoms with E-state index in [-0.39, 0.29) is 15.8 Å². The number of aryl methyl sites for hydroxylation is 1. The van der Waals surface area contributed by atoms with Crippen LogP contribution in [0.25, 0.3) is 0 Å². The summed E-state index contributed by atoms with van der Waals surface area (Å²) in [6.45, 7) is 0.814. The molecule has 0 unspecified atom stereocenters. The number of benzene rings is 1. The fourth-order valence-electron chi connectivity index (χ4n) is 2.84. The molecule has 1 fully saturated rings. The van der Waals surface area contributed by atoms with Crippen LogP contribution < -0.4 is 0 Å². The summed E-state index contributed by atoms with van der Waals surface area (Å²) in [5, 5.41) is 4.18. The molecule has 0 N–H and O–H groups in total. The van der Waals surface area contributed by atoms with E-state index in [1.54, 1.807) is 4.68 Å². The van der Waals surface area contributed by atoms with Crippen molar-refractivity contribution in [2.24, 2.45) is 7.05 Å². The predicted octanol–water partition coefficient (Wildman–Crippen LogP) is 2.78. The zero-order valence-electron chi connectivity index (χ0n) is 12.6. The average Bonchev–Trinajstić information content (AvgIpc) is 2.96. The molecule has 1 aromatic heterocycles. The number of nitrogens with zero attached hydrogens (tertiary/aromatic N) is 3. The van der Waals surface area contributed by atoms with E-state index in [9.17, 15) is 12.8 Å². The van der Waals surface area contributed by atoms with Crippen molar-refractivity contribution in [3.8, 4) is 0 Å². The maximum absolute atomic E-state index is 13.3. The lowest BCUT2D eigenvalue weighted by molar-refractivity contribution is 0.312. The molecule has 0 aliphatic carbocycles. The molecule has 0 bridgehead atoms. The van der Waals surface area contributed by atoms with Gasteiger partial charge < -0.3 is 0 Å². The highest BCUT2D eigenvalue weighted by Crippen LogP contribution is 2.30. The molecule has 0 spiro atoms. The van der Waals surface area contributed by atoms with E-state index in [2.05, 4.69) is 5.10 Å². The van der Waals surface area contributed by atoms with Crippen LogP contribution in [0, 0.1) is 5.82 Å². The van der Waals surface area contributed by atoms with E-state index in [1.807, 2.05) is 19.3 Å². The maximum Gasteiger partial charge on any atom is 0.243 e. The average molecular weight is 358 g/mol. The smallest absolute Gasteiger partial charge is 0.243 e. The molecular weight excluding hydrogens is 341 g/mol. The van der Waals surface area contributed by atoms with Crippen LogP contribution in [-0.4, -0.2) is 35.6 Å². The van der Waals surface area contributed by atoms with Gasteiger partial charge in [-0.2, -0.15) is 9.40 Å². The van der Waals surface area contributed by atoms with Gasteiger partial charge in [-0.1, -0.05) is 11.6 Å². The number of sulfonamides is 1. The number of hydrogen-bond acceptors (Lipinski definition) is 3. The number of hydrogen-bond donors (Lipinski definition) is 0. The van der Waals surface area contributed by atoms with Crippen molar-refractivity contribution in [3.63, 3.8) is 0 Å². The molecule has 8 heteroatoms. The number of piperidine rings is 1. The van der Waals surface area contributed by atoms with Crippen molar-refractivity contribution in [2.45, 2.75) is 23.7 Å². The van der Waals surface area contributed by atoms with E-state index >= 15 is 0 Å². The van der Waals surface area contributed by atoms with Gasteiger partial charge in [0, 0.05) is 32.3 Å². The summed E-state index contributed by atoms with van der Waals surface area (Å²) in [5.41, 5.74) is 0.893. The lowest BCUT2D eigenvalue weighted by atomic mass is 9.96. The van der Waals surface area contributed by atoms with Crippen LogP contribution in [0.4, 0.5) is 4.39 Å². The van der Waals surface area contributed by atoms with Gasteiger partial charge in [-0.25, -0.2) is 12.8 Å². The normalized spacial score (nSPS) is 19.9. The van der Waals surface area contributed by atoms with E-state index in [0.717, 1.165) is 30.7 Å². The summed E-state index contributed by atoms with van der Waals surface area (Å²) in [5.74, 6) is -0.564. The quantitative estimate of drug-likeness (QED) is 0.848. The van der Waals surface area contributed by atoms with Crippen LogP contribution in [0.15, 0.2) is 35.4 Å². The first-order valence-electron chi connectivity index (χ1n) is 7.32. The van der Waals surface area contributed by atoms with Crippen LogP contribution in [0.1, 0.15) is 24.5 Å². The van der Waals surface area contributed by atoms with Crippen LogP contribution >= 0.6 is 11.6 Å². The van der Waals surface area contributed by atoms with Crippen LogP contribution in [0.5, 0.6) is 0 Å². The van der Waals surface area contributed by atoms with E-state index in [0.29, 0.717) is 13.1 Å². The van der Waals surface area contributed by atoms with Crippen molar-refractivity contribution in [1.29, 1.82) is 0 Å². The van der Waals surface area contributed by atoms with Gasteiger partial charge in [-0.3, -0.25) is 4.68 Å². The summed E-state index contributed by atoms with van der Waals surface area (Å²) in [6, 6.07) is 5.41. The largest absolute Gasteiger partial charge is 0.276 e. The highest BCUT2D eigenvalue weighted by Gasteiger charge is 2.32. The Bertz CT molecular complexity index is 822. The molecule has 1 atom stereocenters. The first-order valence-corrected chi connectivity index (χ1v) is 9.14. The molecule has 1 aromatic carbocycles. The molecule has 2 heterocycles. The van der Waals surface area contributed by atoms with Gasteiger partial charge in [-0.15, -0.1) is 0 Å². The molecule has 2 aromatic rings. The monoisotopic (exact) mass is 357 g/mol. The molecule has 3 rings (SSSR count). The minimum absolute atomic E-state index is 0.0190. The van der Waals surface area contributed by atoms with Crippen molar-refractivity contribution in [3.05, 3.63) is 47.0 Å². The molecule has 1 aliphatic rings. The van der Waals surface area contributed by atoms with Gasteiger partial charge in [0.15, 0.2) is 0 Å². The van der Waals surface area contributed by atoms with Crippen molar-refractivity contribution in [2.75, 3.05) is 13.1 Å². The molecule has 0 saturated carbocycles. The number of aromatic nitrogens is 2. The first kappa shape index (κ1) is 16.4. The van der Waals surface area contributed by atoms with Gasteiger partial charge in [0.05, 0.1) is 15.6 Å². The minimum atomic E-state index is -3.69. The third kappa shape index (κ3) is 3.27. The third-order valence-corrected chi connectivity index (χ3v) is 6.22. The van der Waals surface area contributed by atoms with Crippen LogP contribution in [0.2, 0.25) is 5.02 Å². The Kier molecular flexibility index (Phi) is 4.44. The molecule has 124 valence electrons. The lowest BCUT2D eigenvalue weighted by Crippen LogP contribution is -2.39. The fraction of sp³-hybridized carbons (Fsp3) is 0.400. The topological polar surface area (TPSA) is 55.2 Å². The SMILES string of the molecule is Cn1ccc([C@@H]2CCCN(S(=O)(=O)c3ccc(F)c(Cl)c3)C2)n1. The molecule has 0 radical (unpaired) electrons. The third-order valence-electron chi connectivity index (χ3n) is 4.07. The van der Waals surface area contributed by atoms with Gasteiger partial charge in [-0.05, 0) is 37.1 Å². The Morgan fingerprint density at radius 3 is 2.78 bits per heavy atom. The molecule has 23 heavy (non-hydrogen) atoms. The van der Waals surface area contributed by atoms with Gasteiger partial charge in [0.25, 0.3) is 0 Å². The highest BCUT2D eigenvalue weighted by atomic mass is 35.5. The molecular formula is C15H17ClFN3O2S. The minimum Gasteiger partial charge on any atom is -0.276 e. The first-order chi connectivity index (χ1) is 10.9. The zero-order valence-corrected chi connectivity index (χ0v) is 14.2. The van der Waals surface area contributed by atoms with Crippen molar-refractivity contribution in [1.82, 2.24) is 14.1 Å². The molecule has 0 amide bonds. The second-order valence-corrected chi connectivity index (χ2v) is 8.04. The second-order valence-electron chi connectivity index (χ2n) is 5.69. The van der Waals surface area contributed by atoms with E-state index in [1.165, 1.54) is 10.4 Å². The van der Waals surface area contributed by atoms with Gasteiger partial charge >= 0.3 is 0 Å². The summed E-state index contributed by atoms with van der Waals surface area (Å²) >= 11 is 5.72. The van der Waals surface area contributed by atoms with Crippen molar-refractivity contribution < 1.29 is 12.8 Å². The van der Waals surface area contributed by atoms with Gasteiger partial charge in [0.1, 0.15) is 5.82 Å².